The van der Waals surface area contributed by atoms with Gasteiger partial charge >= 0.3 is 12.0 Å². The summed E-state index contributed by atoms with van der Waals surface area (Å²) in [7, 11) is 1.27. The summed E-state index contributed by atoms with van der Waals surface area (Å²) in [4.78, 5) is 24.6. The molecule has 0 saturated heterocycles. The first kappa shape index (κ1) is 32.8. The number of nitriles is 1. The number of aliphatic hydroxyl groups is 1. The van der Waals surface area contributed by atoms with Crippen LogP contribution in [0, 0.1) is 11.3 Å². The number of hydrazone groups is 1. The van der Waals surface area contributed by atoms with E-state index in [0.29, 0.717) is 52.8 Å². The number of amides is 2. The molecule has 3 aromatic carbocycles. The number of methoxy groups -OCH3 is 1. The third-order valence-corrected chi connectivity index (χ3v) is 7.04. The minimum absolute atomic E-state index is 0.173. The first-order valence-electron chi connectivity index (χ1n) is 13.9. The number of aliphatic hydroxyl groups excluding tert-OH is 1. The number of hydrogen-bond donors (Lipinski definition) is 4. The van der Waals surface area contributed by atoms with E-state index in [1.165, 1.54) is 13.3 Å². The Hall–Kier alpha value is -5.06. The Bertz CT molecular complexity index is 1640. The predicted octanol–water partition coefficient (Wildman–Crippen LogP) is 4.42. The number of halogens is 1. The van der Waals surface area contributed by atoms with Crippen molar-refractivity contribution in [2.45, 2.75) is 32.7 Å². The number of hydrogen-bond acceptors (Lipinski definition) is 10. The SMILES string of the molecule is CCOc1cc([C@@H]2NC(=O)NC(C)=C2C(=O)OC)ccc1OC[C@H](O)N/N=C/c1cc(Br)ccc1OCc1ccc(C#N)cc1. The Kier molecular flexibility index (Phi) is 11.4. The highest BCUT2D eigenvalue weighted by Gasteiger charge is 2.32. The van der Waals surface area contributed by atoms with Crippen LogP contribution in [-0.4, -0.2) is 49.9 Å². The van der Waals surface area contributed by atoms with Crippen molar-refractivity contribution >= 4 is 34.1 Å². The molecule has 0 unspecified atom stereocenters. The van der Waals surface area contributed by atoms with Crippen molar-refractivity contribution in [1.29, 1.82) is 5.26 Å². The number of rotatable bonds is 13. The van der Waals surface area contributed by atoms with Gasteiger partial charge in [0.1, 0.15) is 19.0 Å². The zero-order valence-corrected chi connectivity index (χ0v) is 26.4. The molecular weight excluding hydrogens is 646 g/mol. The Balaban J connectivity index is 1.40. The maximum atomic E-state index is 12.5. The number of carbonyl (C=O) groups excluding carboxylic acids is 2. The van der Waals surface area contributed by atoms with Gasteiger partial charge in [-0.2, -0.15) is 10.4 Å². The third kappa shape index (κ3) is 8.75. The average Bonchev–Trinajstić information content (AvgIpc) is 3.03. The van der Waals surface area contributed by atoms with Crippen LogP contribution < -0.4 is 30.3 Å². The molecule has 12 nitrogen and oxygen atoms in total. The summed E-state index contributed by atoms with van der Waals surface area (Å²) >= 11 is 3.45. The summed E-state index contributed by atoms with van der Waals surface area (Å²) in [5.74, 6) is 0.701. The number of nitrogens with one attached hydrogen (secondary N) is 3. The molecule has 234 valence electrons. The van der Waals surface area contributed by atoms with Crippen LogP contribution in [0.5, 0.6) is 17.2 Å². The number of esters is 1. The molecule has 0 spiro atoms. The van der Waals surface area contributed by atoms with Gasteiger partial charge in [-0.15, -0.1) is 0 Å². The molecule has 0 saturated carbocycles. The van der Waals surface area contributed by atoms with Crippen molar-refractivity contribution in [2.75, 3.05) is 20.3 Å². The van der Waals surface area contributed by atoms with Gasteiger partial charge in [-0.1, -0.05) is 34.1 Å². The third-order valence-electron chi connectivity index (χ3n) is 6.55. The fraction of sp³-hybridized carbons (Fsp3) is 0.250. The second-order valence-electron chi connectivity index (χ2n) is 9.69. The van der Waals surface area contributed by atoms with Crippen LogP contribution in [0.1, 0.15) is 42.1 Å². The highest BCUT2D eigenvalue weighted by molar-refractivity contribution is 9.10. The van der Waals surface area contributed by atoms with Gasteiger partial charge in [0.05, 0.1) is 43.2 Å². The number of carbonyl (C=O) groups is 2. The van der Waals surface area contributed by atoms with Crippen LogP contribution in [0.2, 0.25) is 0 Å². The van der Waals surface area contributed by atoms with Gasteiger partial charge in [0.2, 0.25) is 0 Å². The highest BCUT2D eigenvalue weighted by atomic mass is 79.9. The molecule has 0 aromatic heterocycles. The monoisotopic (exact) mass is 677 g/mol. The van der Waals surface area contributed by atoms with E-state index < -0.39 is 24.3 Å². The predicted molar refractivity (Wildman–Crippen MR) is 169 cm³/mol. The molecule has 4 N–H and O–H groups in total. The lowest BCUT2D eigenvalue weighted by Crippen LogP contribution is -2.45. The van der Waals surface area contributed by atoms with Crippen LogP contribution >= 0.6 is 15.9 Å². The number of ether oxygens (including phenoxy) is 4. The van der Waals surface area contributed by atoms with Crippen LogP contribution in [0.15, 0.2) is 81.5 Å². The molecule has 3 aromatic rings. The highest BCUT2D eigenvalue weighted by Crippen LogP contribution is 2.35. The molecule has 0 radical (unpaired) electrons. The minimum Gasteiger partial charge on any atom is -0.490 e. The smallest absolute Gasteiger partial charge is 0.337 e. The quantitative estimate of drug-likeness (QED) is 0.0887. The molecular formula is C32H32BrN5O7. The van der Waals surface area contributed by atoms with Crippen LogP contribution in [0.3, 0.4) is 0 Å². The Morgan fingerprint density at radius 3 is 2.58 bits per heavy atom. The van der Waals surface area contributed by atoms with E-state index in [1.807, 2.05) is 31.2 Å². The van der Waals surface area contributed by atoms with Crippen molar-refractivity contribution in [3.8, 4) is 23.3 Å². The zero-order valence-electron chi connectivity index (χ0n) is 24.8. The lowest BCUT2D eigenvalue weighted by atomic mass is 9.95. The number of nitrogens with zero attached hydrogens (tertiary/aromatic N) is 2. The molecule has 1 aliphatic heterocycles. The molecule has 0 fully saturated rings. The van der Waals surface area contributed by atoms with Crippen LogP contribution in [-0.2, 0) is 16.1 Å². The maximum Gasteiger partial charge on any atom is 0.337 e. The topological polar surface area (TPSA) is 164 Å². The molecule has 0 aliphatic carbocycles. The van der Waals surface area contributed by atoms with Gasteiger partial charge in [0, 0.05) is 15.7 Å². The van der Waals surface area contributed by atoms with Gasteiger partial charge in [-0.3, -0.25) is 5.43 Å². The Morgan fingerprint density at radius 2 is 1.87 bits per heavy atom. The second-order valence-corrected chi connectivity index (χ2v) is 10.6. The van der Waals surface area contributed by atoms with Crippen LogP contribution in [0.4, 0.5) is 4.79 Å². The lowest BCUT2D eigenvalue weighted by molar-refractivity contribution is -0.136. The molecule has 2 atom stereocenters. The van der Waals surface area contributed by atoms with Gasteiger partial charge in [0.25, 0.3) is 0 Å². The fourth-order valence-corrected chi connectivity index (χ4v) is 4.78. The summed E-state index contributed by atoms with van der Waals surface area (Å²) in [6.07, 6.45) is 0.343. The van der Waals surface area contributed by atoms with Gasteiger partial charge in [-0.25, -0.2) is 9.59 Å². The van der Waals surface area contributed by atoms with Crippen molar-refractivity contribution in [1.82, 2.24) is 16.1 Å². The van der Waals surface area contributed by atoms with E-state index in [9.17, 15) is 14.7 Å². The van der Waals surface area contributed by atoms with Crippen molar-refractivity contribution in [3.05, 3.63) is 98.7 Å². The first-order chi connectivity index (χ1) is 21.7. The number of urea groups is 1. The molecule has 1 heterocycles. The molecule has 45 heavy (non-hydrogen) atoms. The van der Waals surface area contributed by atoms with Gasteiger partial charge in [-0.05, 0) is 67.4 Å². The normalized spacial score (nSPS) is 15.0. The van der Waals surface area contributed by atoms with Crippen molar-refractivity contribution in [3.63, 3.8) is 0 Å². The molecule has 1 aliphatic rings. The van der Waals surface area contributed by atoms with E-state index in [-0.39, 0.29) is 12.2 Å². The number of benzene rings is 3. The van der Waals surface area contributed by atoms with E-state index in [0.717, 1.165) is 10.0 Å². The molecule has 13 heteroatoms. The van der Waals surface area contributed by atoms with Gasteiger partial charge in [0.15, 0.2) is 17.7 Å². The Labute approximate surface area is 268 Å². The maximum absolute atomic E-state index is 12.5. The van der Waals surface area contributed by atoms with Crippen molar-refractivity contribution in [2.24, 2.45) is 5.10 Å². The standard InChI is InChI=1S/C32H32BrN5O7/c1-4-43-27-14-22(30-29(31(40)42-3)19(2)36-32(41)37-30)9-11-26(27)45-18-28(39)38-35-16-23-13-24(33)10-12-25(23)44-17-21-7-5-20(15-34)6-8-21/h5-14,16,28,30,38-39H,4,17-18H2,1-3H3,(H2,36,37,41)/b35-16+/t28-,30-/m0/s1. The Morgan fingerprint density at radius 1 is 1.11 bits per heavy atom. The summed E-state index contributed by atoms with van der Waals surface area (Å²) in [5.41, 5.74) is 5.99. The largest absolute Gasteiger partial charge is 0.490 e. The summed E-state index contributed by atoms with van der Waals surface area (Å²) in [5, 5.41) is 29.0. The van der Waals surface area contributed by atoms with Crippen LogP contribution in [0.25, 0.3) is 0 Å². The second kappa shape index (κ2) is 15.6. The molecule has 2 amide bonds. The number of allylic oxidation sites excluding steroid dienone is 1. The van der Waals surface area contributed by atoms with E-state index in [1.54, 1.807) is 43.3 Å². The van der Waals surface area contributed by atoms with E-state index in [2.05, 4.69) is 43.2 Å². The van der Waals surface area contributed by atoms with E-state index in [4.69, 9.17) is 24.2 Å². The zero-order chi connectivity index (χ0) is 32.3. The van der Waals surface area contributed by atoms with Crippen molar-refractivity contribution < 1.29 is 33.6 Å². The van der Waals surface area contributed by atoms with E-state index >= 15 is 0 Å². The minimum atomic E-state index is -1.18. The lowest BCUT2D eigenvalue weighted by Gasteiger charge is -2.28. The fourth-order valence-electron chi connectivity index (χ4n) is 4.40. The summed E-state index contributed by atoms with van der Waals surface area (Å²) in [6, 6.07) is 18.4. The first-order valence-corrected chi connectivity index (χ1v) is 14.7. The summed E-state index contributed by atoms with van der Waals surface area (Å²) < 4.78 is 23.3. The summed E-state index contributed by atoms with van der Waals surface area (Å²) in [6.45, 7) is 3.88. The molecule has 0 bridgehead atoms. The molecule has 4 rings (SSSR count). The van der Waals surface area contributed by atoms with Gasteiger partial charge < -0.3 is 34.7 Å². The average molecular weight is 679 g/mol.